The van der Waals surface area contributed by atoms with Gasteiger partial charge in [0.2, 0.25) is 0 Å². The Hall–Kier alpha value is -1.06. The first-order valence-corrected chi connectivity index (χ1v) is 5.28. The molecule has 80 valence electrons. The predicted molar refractivity (Wildman–Crippen MR) is 58.3 cm³/mol. The average Bonchev–Trinajstić information content (AvgIpc) is 2.18. The van der Waals surface area contributed by atoms with E-state index in [-0.39, 0.29) is 6.04 Å². The van der Waals surface area contributed by atoms with E-state index in [0.29, 0.717) is 10.6 Å². The quantitative estimate of drug-likeness (QED) is 0.771. The van der Waals surface area contributed by atoms with E-state index in [4.69, 9.17) is 22.4 Å². The fourth-order valence-corrected chi connectivity index (χ4v) is 2.34. The number of carboxylic acid groups (broad SMARTS) is 1. The van der Waals surface area contributed by atoms with Crippen molar-refractivity contribution in [2.75, 3.05) is 0 Å². The third-order valence-corrected chi connectivity index (χ3v) is 3.04. The van der Waals surface area contributed by atoms with Gasteiger partial charge in [-0.1, -0.05) is 11.6 Å². The van der Waals surface area contributed by atoms with Crippen LogP contribution in [0.1, 0.15) is 40.4 Å². The van der Waals surface area contributed by atoms with E-state index in [0.717, 1.165) is 30.4 Å². The van der Waals surface area contributed by atoms with Gasteiger partial charge in [0.25, 0.3) is 0 Å². The van der Waals surface area contributed by atoms with E-state index in [9.17, 15) is 4.79 Å². The maximum atomic E-state index is 11.0. The number of hydrogen-bond acceptors (Lipinski definition) is 2. The highest BCUT2D eigenvalue weighted by Crippen LogP contribution is 2.32. The van der Waals surface area contributed by atoms with Crippen molar-refractivity contribution in [3.05, 3.63) is 33.8 Å². The molecule has 4 heteroatoms. The second-order valence-corrected chi connectivity index (χ2v) is 4.26. The molecule has 0 heterocycles. The summed E-state index contributed by atoms with van der Waals surface area (Å²) in [4.78, 5) is 11.0. The lowest BCUT2D eigenvalue weighted by molar-refractivity contribution is 0.0695. The van der Waals surface area contributed by atoms with E-state index in [2.05, 4.69) is 0 Å². The SMILES string of the molecule is NC1CCCc2c(C(=O)O)cc(Cl)cc21. The maximum Gasteiger partial charge on any atom is 0.336 e. The summed E-state index contributed by atoms with van der Waals surface area (Å²) in [7, 11) is 0. The first kappa shape index (κ1) is 10.5. The Morgan fingerprint density at radius 1 is 1.53 bits per heavy atom. The first-order valence-electron chi connectivity index (χ1n) is 4.91. The molecule has 1 unspecified atom stereocenters. The predicted octanol–water partition coefficient (Wildman–Crippen LogP) is 2.37. The van der Waals surface area contributed by atoms with Crippen molar-refractivity contribution >= 4 is 17.6 Å². The van der Waals surface area contributed by atoms with E-state index >= 15 is 0 Å². The number of halogens is 1. The van der Waals surface area contributed by atoms with Crippen molar-refractivity contribution in [1.29, 1.82) is 0 Å². The van der Waals surface area contributed by atoms with Crippen molar-refractivity contribution in [2.45, 2.75) is 25.3 Å². The van der Waals surface area contributed by atoms with Gasteiger partial charge in [-0.2, -0.15) is 0 Å². The fraction of sp³-hybridized carbons (Fsp3) is 0.364. The first-order chi connectivity index (χ1) is 7.09. The summed E-state index contributed by atoms with van der Waals surface area (Å²) in [5, 5.41) is 9.50. The van der Waals surface area contributed by atoms with Crippen LogP contribution in [0.4, 0.5) is 0 Å². The van der Waals surface area contributed by atoms with Gasteiger partial charge in [-0.25, -0.2) is 4.79 Å². The van der Waals surface area contributed by atoms with Crippen molar-refractivity contribution < 1.29 is 9.90 Å². The molecule has 2 rings (SSSR count). The molecule has 15 heavy (non-hydrogen) atoms. The molecule has 0 fully saturated rings. The molecule has 1 aliphatic carbocycles. The number of carbonyl (C=O) groups is 1. The molecule has 1 aromatic rings. The Labute approximate surface area is 92.8 Å². The molecule has 0 amide bonds. The molecule has 0 bridgehead atoms. The summed E-state index contributed by atoms with van der Waals surface area (Å²) < 4.78 is 0. The van der Waals surface area contributed by atoms with Crippen LogP contribution in [0.5, 0.6) is 0 Å². The van der Waals surface area contributed by atoms with Gasteiger partial charge in [0.05, 0.1) is 5.56 Å². The van der Waals surface area contributed by atoms with Crippen LogP contribution in [0.15, 0.2) is 12.1 Å². The molecule has 0 aliphatic heterocycles. The Balaban J connectivity index is 2.62. The minimum absolute atomic E-state index is 0.0782. The molecule has 1 atom stereocenters. The van der Waals surface area contributed by atoms with Crippen LogP contribution in [-0.4, -0.2) is 11.1 Å². The van der Waals surface area contributed by atoms with Crippen LogP contribution in [0.25, 0.3) is 0 Å². The monoisotopic (exact) mass is 225 g/mol. The van der Waals surface area contributed by atoms with Gasteiger partial charge in [0.1, 0.15) is 0 Å². The summed E-state index contributed by atoms with van der Waals surface area (Å²) in [5.41, 5.74) is 7.98. The van der Waals surface area contributed by atoms with Gasteiger partial charge < -0.3 is 10.8 Å². The summed E-state index contributed by atoms with van der Waals surface area (Å²) in [5.74, 6) is -0.928. The number of fused-ring (bicyclic) bond motifs is 1. The lowest BCUT2D eigenvalue weighted by Gasteiger charge is -2.23. The van der Waals surface area contributed by atoms with Crippen LogP contribution in [0.3, 0.4) is 0 Å². The van der Waals surface area contributed by atoms with Crippen LogP contribution in [0.2, 0.25) is 5.02 Å². The highest BCUT2D eigenvalue weighted by molar-refractivity contribution is 6.31. The molecule has 0 spiro atoms. The summed E-state index contributed by atoms with van der Waals surface area (Å²) in [6.45, 7) is 0. The number of nitrogens with two attached hydrogens (primary N) is 1. The van der Waals surface area contributed by atoms with Crippen molar-refractivity contribution in [3.8, 4) is 0 Å². The van der Waals surface area contributed by atoms with Gasteiger partial charge in [-0.15, -0.1) is 0 Å². The largest absolute Gasteiger partial charge is 0.478 e. The number of rotatable bonds is 1. The highest BCUT2D eigenvalue weighted by Gasteiger charge is 2.22. The number of hydrogen-bond donors (Lipinski definition) is 2. The third-order valence-electron chi connectivity index (χ3n) is 2.82. The highest BCUT2D eigenvalue weighted by atomic mass is 35.5. The minimum Gasteiger partial charge on any atom is -0.478 e. The van der Waals surface area contributed by atoms with Crippen molar-refractivity contribution in [2.24, 2.45) is 5.73 Å². The van der Waals surface area contributed by atoms with E-state index < -0.39 is 5.97 Å². The summed E-state index contributed by atoms with van der Waals surface area (Å²) in [6.07, 6.45) is 2.62. The van der Waals surface area contributed by atoms with Crippen LogP contribution in [-0.2, 0) is 6.42 Å². The zero-order chi connectivity index (χ0) is 11.0. The maximum absolute atomic E-state index is 11.0. The molecule has 3 nitrogen and oxygen atoms in total. The summed E-state index contributed by atoms with van der Waals surface area (Å²) >= 11 is 5.87. The van der Waals surface area contributed by atoms with Crippen LogP contribution >= 0.6 is 11.6 Å². The second kappa shape index (κ2) is 3.83. The Kier molecular flexibility index (Phi) is 2.67. The number of carboxylic acids is 1. The molecule has 0 radical (unpaired) electrons. The van der Waals surface area contributed by atoms with Gasteiger partial charge >= 0.3 is 5.97 Å². The molecule has 1 aliphatic rings. The number of aromatic carboxylic acids is 1. The topological polar surface area (TPSA) is 63.3 Å². The molecule has 1 aromatic carbocycles. The second-order valence-electron chi connectivity index (χ2n) is 3.83. The normalized spacial score (nSPS) is 19.7. The molecule has 3 N–H and O–H groups in total. The molecule has 0 saturated heterocycles. The molecular weight excluding hydrogens is 214 g/mol. The minimum atomic E-state index is -0.928. The zero-order valence-electron chi connectivity index (χ0n) is 8.16. The zero-order valence-corrected chi connectivity index (χ0v) is 8.92. The lowest BCUT2D eigenvalue weighted by Crippen LogP contribution is -2.20. The number of benzene rings is 1. The Bertz CT molecular complexity index is 417. The van der Waals surface area contributed by atoms with Gasteiger partial charge in [-0.3, -0.25) is 0 Å². The van der Waals surface area contributed by atoms with E-state index in [1.54, 1.807) is 6.07 Å². The molecule has 0 saturated carbocycles. The average molecular weight is 226 g/mol. The Morgan fingerprint density at radius 3 is 2.93 bits per heavy atom. The fourth-order valence-electron chi connectivity index (χ4n) is 2.11. The van der Waals surface area contributed by atoms with Crippen molar-refractivity contribution in [3.63, 3.8) is 0 Å². The molecule has 0 aromatic heterocycles. The third kappa shape index (κ3) is 1.85. The van der Waals surface area contributed by atoms with E-state index in [1.165, 1.54) is 6.07 Å². The van der Waals surface area contributed by atoms with Crippen LogP contribution < -0.4 is 5.73 Å². The summed E-state index contributed by atoms with van der Waals surface area (Å²) in [6, 6.07) is 3.21. The van der Waals surface area contributed by atoms with Crippen LogP contribution in [0, 0.1) is 0 Å². The van der Waals surface area contributed by atoms with Gasteiger partial charge in [0, 0.05) is 11.1 Å². The Morgan fingerprint density at radius 2 is 2.27 bits per heavy atom. The van der Waals surface area contributed by atoms with Crippen molar-refractivity contribution in [1.82, 2.24) is 0 Å². The lowest BCUT2D eigenvalue weighted by atomic mass is 9.85. The smallest absolute Gasteiger partial charge is 0.336 e. The van der Waals surface area contributed by atoms with E-state index in [1.807, 2.05) is 0 Å². The standard InChI is InChI=1S/C11H12ClNO2/c12-6-4-8-7(2-1-3-10(8)13)9(5-6)11(14)15/h4-5,10H,1-3,13H2,(H,14,15). The molecular formula is C11H12ClNO2. The van der Waals surface area contributed by atoms with Gasteiger partial charge in [-0.05, 0) is 42.5 Å². The van der Waals surface area contributed by atoms with Gasteiger partial charge in [0.15, 0.2) is 0 Å².